The van der Waals surface area contributed by atoms with Crippen molar-refractivity contribution < 1.29 is 14.7 Å². The number of carbonyl (C=O) groups is 2. The maximum atomic E-state index is 10.3. The molecule has 0 saturated heterocycles. The van der Waals surface area contributed by atoms with E-state index in [4.69, 9.17) is 10.8 Å². The SMILES string of the molecule is CC[C@H](N)C(=O)C(=O)O. The lowest BCUT2D eigenvalue weighted by Crippen LogP contribution is -2.34. The third-order valence-electron chi connectivity index (χ3n) is 0.987. The van der Waals surface area contributed by atoms with Crippen molar-refractivity contribution in [2.45, 2.75) is 19.4 Å². The van der Waals surface area contributed by atoms with Crippen LogP contribution in [0.1, 0.15) is 13.3 Å². The van der Waals surface area contributed by atoms with Crippen LogP contribution in [-0.2, 0) is 9.59 Å². The highest BCUT2D eigenvalue weighted by molar-refractivity contribution is 6.34. The van der Waals surface area contributed by atoms with Crippen molar-refractivity contribution in [3.63, 3.8) is 0 Å². The lowest BCUT2D eigenvalue weighted by atomic mass is 10.1. The highest BCUT2D eigenvalue weighted by Gasteiger charge is 2.18. The monoisotopic (exact) mass is 131 g/mol. The molecule has 4 heteroatoms. The Labute approximate surface area is 52.7 Å². The summed E-state index contributed by atoms with van der Waals surface area (Å²) in [7, 11) is 0. The molecule has 0 aliphatic rings. The van der Waals surface area contributed by atoms with E-state index in [1.54, 1.807) is 6.92 Å². The molecule has 0 fully saturated rings. The molecule has 0 unspecified atom stereocenters. The Morgan fingerprint density at radius 1 is 1.67 bits per heavy atom. The number of aliphatic carboxylic acids is 1. The van der Waals surface area contributed by atoms with Crippen LogP contribution in [0.15, 0.2) is 0 Å². The fourth-order valence-electron chi connectivity index (χ4n) is 0.344. The van der Waals surface area contributed by atoms with E-state index in [-0.39, 0.29) is 0 Å². The topological polar surface area (TPSA) is 80.4 Å². The maximum absolute atomic E-state index is 10.3. The van der Waals surface area contributed by atoms with Gasteiger partial charge in [0.1, 0.15) is 0 Å². The Kier molecular flexibility index (Phi) is 2.87. The summed E-state index contributed by atoms with van der Waals surface area (Å²) in [6, 6.07) is -0.845. The Morgan fingerprint density at radius 3 is 2.22 bits per heavy atom. The first-order valence-corrected chi connectivity index (χ1v) is 2.62. The van der Waals surface area contributed by atoms with Gasteiger partial charge in [-0.2, -0.15) is 0 Å². The van der Waals surface area contributed by atoms with Gasteiger partial charge in [-0.1, -0.05) is 6.92 Å². The zero-order valence-electron chi connectivity index (χ0n) is 5.13. The third kappa shape index (κ3) is 2.23. The number of hydrogen-bond acceptors (Lipinski definition) is 3. The van der Waals surface area contributed by atoms with E-state index >= 15 is 0 Å². The largest absolute Gasteiger partial charge is 0.475 e. The van der Waals surface area contributed by atoms with Crippen molar-refractivity contribution in [3.8, 4) is 0 Å². The van der Waals surface area contributed by atoms with Crippen molar-refractivity contribution in [3.05, 3.63) is 0 Å². The van der Waals surface area contributed by atoms with Crippen molar-refractivity contribution in [1.29, 1.82) is 0 Å². The minimum absolute atomic E-state index is 0.366. The van der Waals surface area contributed by atoms with Crippen LogP contribution in [0, 0.1) is 0 Å². The maximum Gasteiger partial charge on any atom is 0.373 e. The van der Waals surface area contributed by atoms with Gasteiger partial charge in [0.05, 0.1) is 6.04 Å². The van der Waals surface area contributed by atoms with Gasteiger partial charge in [-0.3, -0.25) is 4.79 Å². The number of rotatable bonds is 3. The number of carboxylic acids is 1. The second-order valence-electron chi connectivity index (χ2n) is 1.68. The van der Waals surface area contributed by atoms with Gasteiger partial charge in [0, 0.05) is 0 Å². The van der Waals surface area contributed by atoms with Crippen molar-refractivity contribution in [2.24, 2.45) is 5.73 Å². The van der Waals surface area contributed by atoms with Crippen LogP contribution in [0.25, 0.3) is 0 Å². The second kappa shape index (κ2) is 3.19. The van der Waals surface area contributed by atoms with Crippen molar-refractivity contribution in [1.82, 2.24) is 0 Å². The van der Waals surface area contributed by atoms with Crippen molar-refractivity contribution in [2.75, 3.05) is 0 Å². The summed E-state index contributed by atoms with van der Waals surface area (Å²) in [5.41, 5.74) is 5.09. The van der Waals surface area contributed by atoms with Crippen LogP contribution in [0.2, 0.25) is 0 Å². The summed E-state index contributed by atoms with van der Waals surface area (Å²) in [5.74, 6) is -2.37. The standard InChI is InChI=1S/C5H9NO3/c1-2-3(6)4(7)5(8)9/h3H,2,6H2,1H3,(H,8,9)/t3-/m0/s1. The molecule has 0 aromatic carbocycles. The van der Waals surface area contributed by atoms with Gasteiger partial charge >= 0.3 is 5.97 Å². The summed E-state index contributed by atoms with van der Waals surface area (Å²) in [6.07, 6.45) is 0.366. The third-order valence-corrected chi connectivity index (χ3v) is 0.987. The Balaban J connectivity index is 3.88. The van der Waals surface area contributed by atoms with E-state index in [9.17, 15) is 9.59 Å². The van der Waals surface area contributed by atoms with Crippen molar-refractivity contribution >= 4 is 11.8 Å². The summed E-state index contributed by atoms with van der Waals surface area (Å²) in [6.45, 7) is 1.66. The van der Waals surface area contributed by atoms with Crippen LogP contribution in [-0.4, -0.2) is 22.9 Å². The molecule has 9 heavy (non-hydrogen) atoms. The van der Waals surface area contributed by atoms with Gasteiger partial charge in [0.15, 0.2) is 0 Å². The molecule has 0 amide bonds. The molecular formula is C5H9NO3. The Bertz CT molecular complexity index is 132. The molecule has 4 nitrogen and oxygen atoms in total. The van der Waals surface area contributed by atoms with Crippen LogP contribution < -0.4 is 5.73 Å². The molecule has 0 rings (SSSR count). The molecule has 0 spiro atoms. The number of carbonyl (C=O) groups excluding carboxylic acids is 1. The molecular weight excluding hydrogens is 122 g/mol. The number of hydrogen-bond donors (Lipinski definition) is 2. The molecule has 0 saturated carbocycles. The molecule has 0 radical (unpaired) electrons. The molecule has 3 N–H and O–H groups in total. The lowest BCUT2D eigenvalue weighted by Gasteiger charge is -2.00. The average Bonchev–Trinajstić information content (AvgIpc) is 1.84. The zero-order valence-corrected chi connectivity index (χ0v) is 5.13. The Morgan fingerprint density at radius 2 is 2.11 bits per heavy atom. The fourth-order valence-corrected chi connectivity index (χ4v) is 0.344. The van der Waals surface area contributed by atoms with Crippen LogP contribution >= 0.6 is 0 Å². The first-order chi connectivity index (χ1) is 4.09. The van der Waals surface area contributed by atoms with Gasteiger partial charge in [-0.25, -0.2) is 4.79 Å². The minimum Gasteiger partial charge on any atom is -0.475 e. The number of nitrogens with two attached hydrogens (primary N) is 1. The van der Waals surface area contributed by atoms with Crippen LogP contribution in [0.5, 0.6) is 0 Å². The Hall–Kier alpha value is -0.900. The number of carboxylic acid groups (broad SMARTS) is 1. The summed E-state index contributed by atoms with van der Waals surface area (Å²) >= 11 is 0. The molecule has 0 aliphatic heterocycles. The predicted octanol–water partition coefficient (Wildman–Crippen LogP) is -0.623. The highest BCUT2D eigenvalue weighted by atomic mass is 16.4. The first kappa shape index (κ1) is 8.10. The van der Waals surface area contributed by atoms with Crippen LogP contribution in [0.4, 0.5) is 0 Å². The average molecular weight is 131 g/mol. The molecule has 0 aliphatic carbocycles. The van der Waals surface area contributed by atoms with E-state index in [1.165, 1.54) is 0 Å². The van der Waals surface area contributed by atoms with Gasteiger partial charge in [0.25, 0.3) is 5.78 Å². The van der Waals surface area contributed by atoms with E-state index in [0.717, 1.165) is 0 Å². The van der Waals surface area contributed by atoms with Gasteiger partial charge < -0.3 is 10.8 Å². The first-order valence-electron chi connectivity index (χ1n) is 2.62. The van der Waals surface area contributed by atoms with E-state index in [2.05, 4.69) is 0 Å². The highest BCUT2D eigenvalue weighted by Crippen LogP contribution is 1.87. The van der Waals surface area contributed by atoms with Gasteiger partial charge in [-0.05, 0) is 6.42 Å². The summed E-state index contributed by atoms with van der Waals surface area (Å²) in [4.78, 5) is 20.2. The normalized spacial score (nSPS) is 12.7. The lowest BCUT2D eigenvalue weighted by molar-refractivity contribution is -0.149. The zero-order chi connectivity index (χ0) is 7.44. The number of Topliss-reactive ketones (excluding diaryl/α,β-unsaturated/α-hetero) is 1. The summed E-state index contributed by atoms with van der Waals surface area (Å²) < 4.78 is 0. The molecule has 1 atom stereocenters. The smallest absolute Gasteiger partial charge is 0.373 e. The number of ketones is 1. The summed E-state index contributed by atoms with van der Waals surface area (Å²) in [5, 5.41) is 8.05. The minimum atomic E-state index is -1.45. The molecule has 52 valence electrons. The predicted molar refractivity (Wildman–Crippen MR) is 30.9 cm³/mol. The van der Waals surface area contributed by atoms with E-state index in [0.29, 0.717) is 6.42 Å². The van der Waals surface area contributed by atoms with E-state index < -0.39 is 17.8 Å². The van der Waals surface area contributed by atoms with Gasteiger partial charge in [0.2, 0.25) is 0 Å². The fraction of sp³-hybridized carbons (Fsp3) is 0.600. The molecule has 0 heterocycles. The quantitative estimate of drug-likeness (QED) is 0.500. The molecule has 0 aromatic heterocycles. The molecule has 0 aromatic rings. The molecule has 0 bridgehead atoms. The van der Waals surface area contributed by atoms with E-state index in [1.807, 2.05) is 0 Å². The van der Waals surface area contributed by atoms with Gasteiger partial charge in [-0.15, -0.1) is 0 Å². The second-order valence-corrected chi connectivity index (χ2v) is 1.68. The van der Waals surface area contributed by atoms with Crippen LogP contribution in [0.3, 0.4) is 0 Å².